The summed E-state index contributed by atoms with van der Waals surface area (Å²) in [7, 11) is 0. The molecule has 0 heterocycles. The molecule has 2 atom stereocenters. The molecule has 0 saturated heterocycles. The lowest BCUT2D eigenvalue weighted by atomic mass is 10.0. The first kappa shape index (κ1) is 81.1. The van der Waals surface area contributed by atoms with Crippen molar-refractivity contribution in [2.75, 3.05) is 13.2 Å². The minimum Gasteiger partial charge on any atom is -0.466 e. The van der Waals surface area contributed by atoms with Gasteiger partial charge >= 0.3 is 5.97 Å². The molecule has 0 aliphatic heterocycles. The molecule has 0 bridgehead atoms. The molecule has 0 fully saturated rings. The number of hydrogen-bond donors (Lipinski definition) is 3. The molecule has 0 spiro atoms. The third-order valence-electron chi connectivity index (χ3n) is 17.7. The Morgan fingerprint density at radius 2 is 0.602 bits per heavy atom. The van der Waals surface area contributed by atoms with Crippen LogP contribution in [0.15, 0.2) is 36.5 Å². The van der Waals surface area contributed by atoms with Gasteiger partial charge in [0.1, 0.15) is 0 Å². The number of esters is 1. The van der Waals surface area contributed by atoms with Crippen molar-refractivity contribution in [3.8, 4) is 0 Å². The molecule has 2 unspecified atom stereocenters. The second-order valence-corrected chi connectivity index (χ2v) is 26.0. The van der Waals surface area contributed by atoms with Crippen LogP contribution in [0.5, 0.6) is 0 Å². The van der Waals surface area contributed by atoms with E-state index in [1.807, 2.05) is 6.08 Å². The highest BCUT2D eigenvalue weighted by Gasteiger charge is 2.18. The van der Waals surface area contributed by atoms with Crippen LogP contribution in [0, 0.1) is 0 Å². The number of carbonyl (C=O) groups is 2. The number of nitrogens with one attached hydrogen (secondary N) is 1. The van der Waals surface area contributed by atoms with E-state index in [0.717, 1.165) is 51.4 Å². The van der Waals surface area contributed by atoms with Gasteiger partial charge in [-0.3, -0.25) is 9.59 Å². The number of carbonyl (C=O) groups excluding carboxylic acids is 2. The number of rotatable bonds is 71. The molecule has 0 radical (unpaired) electrons. The van der Waals surface area contributed by atoms with Gasteiger partial charge in [0.25, 0.3) is 0 Å². The summed E-state index contributed by atoms with van der Waals surface area (Å²) in [6.07, 6.45) is 93.8. The predicted octanol–water partition coefficient (Wildman–Crippen LogP) is 24.7. The molecule has 6 nitrogen and oxygen atoms in total. The number of aliphatic hydroxyl groups excluding tert-OH is 2. The summed E-state index contributed by atoms with van der Waals surface area (Å²) in [6, 6.07) is -0.629. The first-order valence-corrected chi connectivity index (χ1v) is 37.8. The smallest absolute Gasteiger partial charge is 0.305 e. The minimum absolute atomic E-state index is 0.00847. The number of allylic oxidation sites excluding steroid dienone is 5. The minimum atomic E-state index is -0.846. The van der Waals surface area contributed by atoms with Crippen molar-refractivity contribution in [1.82, 2.24) is 5.32 Å². The Balaban J connectivity index is 3.39. The van der Waals surface area contributed by atoms with Crippen LogP contribution in [-0.2, 0) is 14.3 Å². The molecule has 0 saturated carbocycles. The largest absolute Gasteiger partial charge is 0.466 e. The fourth-order valence-corrected chi connectivity index (χ4v) is 11.9. The van der Waals surface area contributed by atoms with Gasteiger partial charge in [-0.05, 0) is 64.2 Å². The highest BCUT2D eigenvalue weighted by Crippen LogP contribution is 2.19. The molecule has 490 valence electrons. The summed E-state index contributed by atoms with van der Waals surface area (Å²) in [5.74, 6) is -0.0539. The first-order valence-electron chi connectivity index (χ1n) is 37.8. The highest BCUT2D eigenvalue weighted by molar-refractivity contribution is 5.76. The van der Waals surface area contributed by atoms with Crippen LogP contribution in [0.1, 0.15) is 418 Å². The Morgan fingerprint density at radius 3 is 0.928 bits per heavy atom. The van der Waals surface area contributed by atoms with E-state index < -0.39 is 12.1 Å². The molecule has 0 aliphatic rings. The van der Waals surface area contributed by atoms with E-state index in [2.05, 4.69) is 43.5 Å². The van der Waals surface area contributed by atoms with Crippen molar-refractivity contribution in [3.63, 3.8) is 0 Å². The number of hydrogen-bond acceptors (Lipinski definition) is 5. The van der Waals surface area contributed by atoms with Crippen LogP contribution < -0.4 is 5.32 Å². The molecule has 83 heavy (non-hydrogen) atoms. The van der Waals surface area contributed by atoms with Crippen molar-refractivity contribution in [2.45, 2.75) is 431 Å². The lowest BCUT2D eigenvalue weighted by Gasteiger charge is -2.20. The number of ether oxygens (including phenoxy) is 1. The van der Waals surface area contributed by atoms with Crippen molar-refractivity contribution < 1.29 is 24.5 Å². The standard InChI is InChI=1S/C77H147NO5/c1-3-5-7-9-11-13-15-17-19-21-23-24-25-28-31-34-37-41-45-49-53-57-61-65-69-75(80)74(73-79)78-76(81)70-66-62-58-54-50-46-42-38-35-32-29-26-27-30-33-36-40-44-48-52-56-60-64-68-72-83-77(82)71-67-63-59-55-51-47-43-39-22-20-18-16-14-12-10-8-6-4-2/h14,16,20,22,65,69,74-75,79-80H,3-13,15,17-19,21,23-64,66-68,70-73H2,1-2H3,(H,78,81)/b16-14-,22-20-,69-65+. The van der Waals surface area contributed by atoms with Crippen LogP contribution in [0.2, 0.25) is 0 Å². The van der Waals surface area contributed by atoms with Crippen molar-refractivity contribution >= 4 is 11.9 Å². The average molecular weight is 1170 g/mol. The Bertz CT molecular complexity index is 1340. The number of aliphatic hydroxyl groups is 2. The molecule has 0 aliphatic carbocycles. The average Bonchev–Trinajstić information content (AvgIpc) is 3.49. The quantitative estimate of drug-likeness (QED) is 0.0320. The summed E-state index contributed by atoms with van der Waals surface area (Å²) in [6.45, 7) is 4.93. The third kappa shape index (κ3) is 69.1. The molecule has 1 amide bonds. The summed E-state index contributed by atoms with van der Waals surface area (Å²) < 4.78 is 5.50. The molecule has 0 rings (SSSR count). The van der Waals surface area contributed by atoms with Crippen molar-refractivity contribution in [3.05, 3.63) is 36.5 Å². The van der Waals surface area contributed by atoms with Gasteiger partial charge in [0.15, 0.2) is 0 Å². The molecule has 0 aromatic rings. The molecule has 0 aromatic carbocycles. The van der Waals surface area contributed by atoms with Crippen LogP contribution >= 0.6 is 0 Å². The zero-order valence-electron chi connectivity index (χ0n) is 56.2. The summed E-state index contributed by atoms with van der Waals surface area (Å²) in [4.78, 5) is 24.7. The molecule has 3 N–H and O–H groups in total. The second kappa shape index (κ2) is 72.6. The Labute approximate surface area is 519 Å². The van der Waals surface area contributed by atoms with E-state index in [-0.39, 0.29) is 18.5 Å². The summed E-state index contributed by atoms with van der Waals surface area (Å²) >= 11 is 0. The maximum Gasteiger partial charge on any atom is 0.305 e. The predicted molar refractivity (Wildman–Crippen MR) is 366 cm³/mol. The van der Waals surface area contributed by atoms with Crippen molar-refractivity contribution in [1.29, 1.82) is 0 Å². The van der Waals surface area contributed by atoms with Gasteiger partial charge in [-0.1, -0.05) is 378 Å². The molecular formula is C77H147NO5. The molecule has 6 heteroatoms. The SMILES string of the molecule is CCCCCC/C=C\C/C=C\CCCCCCCCCC(=O)OCCCCCCCCCCCCCCCCCCCCCCCCCCC(=O)NC(CO)C(O)/C=C/CCCCCCCCCCCCCCCCCCCCCCCC. The van der Waals surface area contributed by atoms with Crippen LogP contribution in [-0.4, -0.2) is 47.4 Å². The first-order chi connectivity index (χ1) is 41.0. The number of amides is 1. The molecular weight excluding hydrogens is 1020 g/mol. The van der Waals surface area contributed by atoms with E-state index in [4.69, 9.17) is 4.74 Å². The lowest BCUT2D eigenvalue weighted by Crippen LogP contribution is -2.45. The van der Waals surface area contributed by atoms with Gasteiger partial charge in [-0.15, -0.1) is 0 Å². The van der Waals surface area contributed by atoms with Crippen LogP contribution in [0.25, 0.3) is 0 Å². The Kier molecular flexibility index (Phi) is 70.9. The zero-order chi connectivity index (χ0) is 59.9. The lowest BCUT2D eigenvalue weighted by molar-refractivity contribution is -0.143. The number of unbranched alkanes of at least 4 members (excludes halogenated alkanes) is 56. The van der Waals surface area contributed by atoms with Gasteiger partial charge in [0, 0.05) is 12.8 Å². The highest BCUT2D eigenvalue weighted by atomic mass is 16.5. The van der Waals surface area contributed by atoms with Gasteiger partial charge in [-0.25, -0.2) is 0 Å². The second-order valence-electron chi connectivity index (χ2n) is 26.0. The molecule has 0 aromatic heterocycles. The fourth-order valence-electron chi connectivity index (χ4n) is 11.9. The van der Waals surface area contributed by atoms with Gasteiger partial charge < -0.3 is 20.3 Å². The van der Waals surface area contributed by atoms with Crippen LogP contribution in [0.4, 0.5) is 0 Å². The zero-order valence-corrected chi connectivity index (χ0v) is 56.2. The van der Waals surface area contributed by atoms with Gasteiger partial charge in [-0.2, -0.15) is 0 Å². The van der Waals surface area contributed by atoms with Crippen LogP contribution in [0.3, 0.4) is 0 Å². The maximum absolute atomic E-state index is 12.5. The van der Waals surface area contributed by atoms with Gasteiger partial charge in [0.05, 0.1) is 25.4 Å². The third-order valence-corrected chi connectivity index (χ3v) is 17.7. The van der Waals surface area contributed by atoms with E-state index in [1.54, 1.807) is 6.08 Å². The van der Waals surface area contributed by atoms with E-state index in [9.17, 15) is 19.8 Å². The monoisotopic (exact) mass is 1170 g/mol. The van der Waals surface area contributed by atoms with E-state index in [0.29, 0.717) is 19.4 Å². The van der Waals surface area contributed by atoms with E-state index >= 15 is 0 Å². The Morgan fingerprint density at radius 1 is 0.337 bits per heavy atom. The fraction of sp³-hybridized carbons (Fsp3) is 0.896. The maximum atomic E-state index is 12.5. The van der Waals surface area contributed by atoms with Crippen molar-refractivity contribution in [2.24, 2.45) is 0 Å². The van der Waals surface area contributed by atoms with E-state index in [1.165, 1.54) is 340 Å². The summed E-state index contributed by atoms with van der Waals surface area (Å²) in [5, 5.41) is 23.3. The van der Waals surface area contributed by atoms with Gasteiger partial charge in [0.2, 0.25) is 5.91 Å². The normalized spacial score (nSPS) is 12.7. The summed E-state index contributed by atoms with van der Waals surface area (Å²) in [5.41, 5.74) is 0. The Hall–Kier alpha value is -1.92. The topological polar surface area (TPSA) is 95.9 Å².